The SMILES string of the molecule is CCCCCS(=O)(=O)CC(=O)Nc1cccc(OCC(=O)Nc2ccccc2)c1. The van der Waals surface area contributed by atoms with Crippen LogP contribution in [-0.4, -0.2) is 38.3 Å². The Morgan fingerprint density at radius 2 is 1.59 bits per heavy atom. The molecule has 0 aromatic heterocycles. The van der Waals surface area contributed by atoms with Crippen LogP contribution in [0, 0.1) is 0 Å². The van der Waals surface area contributed by atoms with E-state index in [0.29, 0.717) is 23.5 Å². The third-order valence-corrected chi connectivity index (χ3v) is 5.57. The van der Waals surface area contributed by atoms with E-state index < -0.39 is 21.5 Å². The number of anilines is 2. The molecule has 2 aromatic rings. The summed E-state index contributed by atoms with van der Waals surface area (Å²) in [6.45, 7) is 1.79. The summed E-state index contributed by atoms with van der Waals surface area (Å²) in [5.74, 6) is -1.07. The van der Waals surface area contributed by atoms with Crippen LogP contribution in [-0.2, 0) is 19.4 Å². The van der Waals surface area contributed by atoms with E-state index in [1.807, 2.05) is 25.1 Å². The van der Waals surface area contributed by atoms with Crippen molar-refractivity contribution in [3.8, 4) is 5.75 Å². The summed E-state index contributed by atoms with van der Waals surface area (Å²) in [6, 6.07) is 15.5. The summed E-state index contributed by atoms with van der Waals surface area (Å²) in [5, 5.41) is 5.26. The Balaban J connectivity index is 1.84. The van der Waals surface area contributed by atoms with Crippen molar-refractivity contribution in [3.63, 3.8) is 0 Å². The Labute approximate surface area is 171 Å². The maximum atomic E-state index is 12.0. The molecule has 0 atom stereocenters. The Kier molecular flexibility index (Phi) is 8.67. The fourth-order valence-electron chi connectivity index (χ4n) is 2.57. The zero-order valence-electron chi connectivity index (χ0n) is 16.4. The highest BCUT2D eigenvalue weighted by atomic mass is 32.2. The third-order valence-electron chi connectivity index (χ3n) is 3.96. The minimum Gasteiger partial charge on any atom is -0.484 e. The van der Waals surface area contributed by atoms with Crippen molar-refractivity contribution >= 4 is 33.0 Å². The van der Waals surface area contributed by atoms with Crippen molar-refractivity contribution < 1.29 is 22.7 Å². The summed E-state index contributed by atoms with van der Waals surface area (Å²) >= 11 is 0. The zero-order chi connectivity index (χ0) is 21.1. The van der Waals surface area contributed by atoms with Gasteiger partial charge in [0.1, 0.15) is 11.5 Å². The van der Waals surface area contributed by atoms with Crippen LogP contribution < -0.4 is 15.4 Å². The lowest BCUT2D eigenvalue weighted by Crippen LogP contribution is -2.24. The molecule has 0 saturated heterocycles. The van der Waals surface area contributed by atoms with Crippen LogP contribution in [0.3, 0.4) is 0 Å². The van der Waals surface area contributed by atoms with Gasteiger partial charge in [-0.1, -0.05) is 44.0 Å². The average molecular weight is 419 g/mol. The molecule has 0 bridgehead atoms. The Bertz CT molecular complexity index is 914. The highest BCUT2D eigenvalue weighted by molar-refractivity contribution is 7.92. The van der Waals surface area contributed by atoms with Crippen molar-refractivity contribution in [2.75, 3.05) is 28.7 Å². The number of sulfone groups is 1. The molecular weight excluding hydrogens is 392 g/mol. The number of rotatable bonds is 11. The van der Waals surface area contributed by atoms with Crippen LogP contribution in [0.4, 0.5) is 11.4 Å². The van der Waals surface area contributed by atoms with Crippen molar-refractivity contribution in [2.24, 2.45) is 0 Å². The minimum atomic E-state index is -3.43. The molecule has 0 aliphatic carbocycles. The third kappa shape index (κ3) is 8.78. The molecule has 0 aliphatic heterocycles. The number of hydrogen-bond donors (Lipinski definition) is 2. The van der Waals surface area contributed by atoms with Gasteiger partial charge in [-0.15, -0.1) is 0 Å². The van der Waals surface area contributed by atoms with Crippen LogP contribution in [0.15, 0.2) is 54.6 Å². The number of ether oxygens (including phenoxy) is 1. The second-order valence-electron chi connectivity index (χ2n) is 6.58. The highest BCUT2D eigenvalue weighted by Crippen LogP contribution is 2.17. The maximum Gasteiger partial charge on any atom is 0.262 e. The molecule has 0 fully saturated rings. The average Bonchev–Trinajstić information content (AvgIpc) is 2.67. The van der Waals surface area contributed by atoms with E-state index in [-0.39, 0.29) is 18.3 Å². The summed E-state index contributed by atoms with van der Waals surface area (Å²) in [6.07, 6.45) is 2.29. The first-order chi connectivity index (χ1) is 13.9. The summed E-state index contributed by atoms with van der Waals surface area (Å²) in [7, 11) is -3.43. The van der Waals surface area contributed by atoms with Crippen molar-refractivity contribution in [1.82, 2.24) is 0 Å². The molecule has 2 rings (SSSR count). The van der Waals surface area contributed by atoms with Gasteiger partial charge in [-0.3, -0.25) is 9.59 Å². The largest absolute Gasteiger partial charge is 0.484 e. The highest BCUT2D eigenvalue weighted by Gasteiger charge is 2.16. The number of carbonyl (C=O) groups excluding carboxylic acids is 2. The van der Waals surface area contributed by atoms with Crippen LogP contribution in [0.25, 0.3) is 0 Å². The Morgan fingerprint density at radius 3 is 2.31 bits per heavy atom. The molecule has 156 valence electrons. The van der Waals surface area contributed by atoms with E-state index in [9.17, 15) is 18.0 Å². The molecule has 0 saturated carbocycles. The van der Waals surface area contributed by atoms with Crippen LogP contribution in [0.2, 0.25) is 0 Å². The smallest absolute Gasteiger partial charge is 0.262 e. The predicted octanol–water partition coefficient (Wildman–Crippen LogP) is 3.25. The normalized spacial score (nSPS) is 10.9. The molecule has 29 heavy (non-hydrogen) atoms. The number of nitrogens with one attached hydrogen (secondary N) is 2. The molecular formula is C21H26N2O5S. The van der Waals surface area contributed by atoms with Gasteiger partial charge in [-0.2, -0.15) is 0 Å². The fourth-order valence-corrected chi connectivity index (χ4v) is 3.83. The number of hydrogen-bond acceptors (Lipinski definition) is 5. The molecule has 2 N–H and O–H groups in total. The van der Waals surface area contributed by atoms with Gasteiger partial charge in [0.15, 0.2) is 16.4 Å². The summed E-state index contributed by atoms with van der Waals surface area (Å²) < 4.78 is 29.4. The molecule has 0 heterocycles. The van der Waals surface area contributed by atoms with Gasteiger partial charge in [0.2, 0.25) is 5.91 Å². The lowest BCUT2D eigenvalue weighted by molar-refractivity contribution is -0.118. The molecule has 0 aliphatic rings. The molecule has 2 aromatic carbocycles. The van der Waals surface area contributed by atoms with Gasteiger partial charge in [0.05, 0.1) is 5.75 Å². The van der Waals surface area contributed by atoms with Crippen LogP contribution in [0.5, 0.6) is 5.75 Å². The van der Waals surface area contributed by atoms with Crippen molar-refractivity contribution in [1.29, 1.82) is 0 Å². The monoisotopic (exact) mass is 418 g/mol. The summed E-state index contributed by atoms with van der Waals surface area (Å²) in [5.41, 5.74) is 1.07. The minimum absolute atomic E-state index is 0.00787. The molecule has 8 heteroatoms. The van der Waals surface area contributed by atoms with Crippen LogP contribution >= 0.6 is 0 Å². The number of benzene rings is 2. The van der Waals surface area contributed by atoms with Gasteiger partial charge in [-0.05, 0) is 30.7 Å². The molecule has 2 amide bonds. The predicted molar refractivity (Wildman–Crippen MR) is 114 cm³/mol. The lowest BCUT2D eigenvalue weighted by atomic mass is 10.3. The van der Waals surface area contributed by atoms with E-state index in [1.54, 1.807) is 30.3 Å². The van der Waals surface area contributed by atoms with E-state index >= 15 is 0 Å². The lowest BCUT2D eigenvalue weighted by Gasteiger charge is -2.10. The number of carbonyl (C=O) groups is 2. The number of para-hydroxylation sites is 1. The number of unbranched alkanes of at least 4 members (excludes halogenated alkanes) is 2. The first-order valence-corrected chi connectivity index (χ1v) is 11.3. The fraction of sp³-hybridized carbons (Fsp3) is 0.333. The second kappa shape index (κ2) is 11.2. The van der Waals surface area contributed by atoms with Crippen molar-refractivity contribution in [3.05, 3.63) is 54.6 Å². The van der Waals surface area contributed by atoms with Gasteiger partial charge in [-0.25, -0.2) is 8.42 Å². The quantitative estimate of drug-likeness (QED) is 0.546. The maximum absolute atomic E-state index is 12.0. The second-order valence-corrected chi connectivity index (χ2v) is 8.76. The zero-order valence-corrected chi connectivity index (χ0v) is 17.2. The van der Waals surface area contributed by atoms with Crippen LogP contribution in [0.1, 0.15) is 26.2 Å². The Hall–Kier alpha value is -2.87. The number of amides is 2. The van der Waals surface area contributed by atoms with E-state index in [4.69, 9.17) is 4.74 Å². The first kappa shape index (κ1) is 22.4. The standard InChI is InChI=1S/C21H26N2O5S/c1-2-3-7-13-29(26,27)16-21(25)23-18-11-8-12-19(14-18)28-15-20(24)22-17-9-5-4-6-10-17/h4-6,8-12,14H,2-3,7,13,15-16H2,1H3,(H,22,24)(H,23,25). The molecule has 0 radical (unpaired) electrons. The topological polar surface area (TPSA) is 102 Å². The van der Waals surface area contributed by atoms with E-state index in [1.165, 1.54) is 6.07 Å². The molecule has 0 unspecified atom stereocenters. The van der Waals surface area contributed by atoms with E-state index in [0.717, 1.165) is 12.8 Å². The molecule has 7 nitrogen and oxygen atoms in total. The summed E-state index contributed by atoms with van der Waals surface area (Å²) in [4.78, 5) is 24.0. The van der Waals surface area contributed by atoms with Gasteiger partial charge >= 0.3 is 0 Å². The van der Waals surface area contributed by atoms with Gasteiger partial charge in [0, 0.05) is 17.4 Å². The first-order valence-electron chi connectivity index (χ1n) is 9.46. The van der Waals surface area contributed by atoms with E-state index in [2.05, 4.69) is 10.6 Å². The van der Waals surface area contributed by atoms with Gasteiger partial charge in [0.25, 0.3) is 5.91 Å². The van der Waals surface area contributed by atoms with Crippen molar-refractivity contribution in [2.45, 2.75) is 26.2 Å². The van der Waals surface area contributed by atoms with Gasteiger partial charge < -0.3 is 15.4 Å². The molecule has 0 spiro atoms. The Morgan fingerprint density at radius 1 is 0.897 bits per heavy atom.